The molecule has 0 amide bonds. The van der Waals surface area contributed by atoms with Gasteiger partial charge in [0.25, 0.3) is 0 Å². The summed E-state index contributed by atoms with van der Waals surface area (Å²) in [6, 6.07) is 1.20. The van der Waals surface area contributed by atoms with E-state index < -0.39 is 0 Å². The molecule has 5 nitrogen and oxygen atoms in total. The summed E-state index contributed by atoms with van der Waals surface area (Å²) in [5.41, 5.74) is -0.312. The number of hydrogen-bond donors (Lipinski definition) is 1. The molecule has 0 aromatic carbocycles. The highest BCUT2D eigenvalue weighted by Gasteiger charge is 2.08. The summed E-state index contributed by atoms with van der Waals surface area (Å²) < 4.78 is 15.1. The second-order valence-corrected chi connectivity index (χ2v) is 3.12. The Balaban J connectivity index is 2.74. The minimum Gasteiger partial charge on any atom is -0.481 e. The Morgan fingerprint density at radius 1 is 1.60 bits per heavy atom. The molecule has 15 heavy (non-hydrogen) atoms. The van der Waals surface area contributed by atoms with Crippen LogP contribution in [-0.4, -0.2) is 24.9 Å². The van der Waals surface area contributed by atoms with Crippen molar-refractivity contribution in [3.63, 3.8) is 0 Å². The summed E-state index contributed by atoms with van der Waals surface area (Å²) in [6.07, 6.45) is 0.970. The van der Waals surface area contributed by atoms with E-state index in [1.807, 2.05) is 0 Å². The van der Waals surface area contributed by atoms with Gasteiger partial charge in [-0.15, -0.1) is 0 Å². The van der Waals surface area contributed by atoms with Crippen molar-refractivity contribution in [2.75, 3.05) is 13.7 Å². The SMILES string of the molecule is COCC(C)Oc1coc(CO)cc1=O. The van der Waals surface area contributed by atoms with E-state index in [-0.39, 0.29) is 29.6 Å². The highest BCUT2D eigenvalue weighted by atomic mass is 16.5. The molecule has 1 unspecified atom stereocenters. The Morgan fingerprint density at radius 3 is 2.87 bits per heavy atom. The van der Waals surface area contributed by atoms with Crippen molar-refractivity contribution in [3.05, 3.63) is 28.3 Å². The summed E-state index contributed by atoms with van der Waals surface area (Å²) in [6.45, 7) is 1.87. The lowest BCUT2D eigenvalue weighted by Crippen LogP contribution is -2.21. The summed E-state index contributed by atoms with van der Waals surface area (Å²) >= 11 is 0. The Bertz CT molecular complexity index is 357. The minimum absolute atomic E-state index is 0.122. The molecule has 0 radical (unpaired) electrons. The summed E-state index contributed by atoms with van der Waals surface area (Å²) in [5, 5.41) is 8.73. The van der Waals surface area contributed by atoms with Crippen LogP contribution in [0.25, 0.3) is 0 Å². The zero-order valence-corrected chi connectivity index (χ0v) is 8.73. The molecule has 1 atom stereocenters. The zero-order valence-electron chi connectivity index (χ0n) is 8.73. The average Bonchev–Trinajstić information content (AvgIpc) is 2.21. The van der Waals surface area contributed by atoms with Crippen LogP contribution in [-0.2, 0) is 11.3 Å². The number of hydrogen-bond acceptors (Lipinski definition) is 5. The van der Waals surface area contributed by atoms with Crippen LogP contribution in [0, 0.1) is 0 Å². The molecule has 0 aliphatic carbocycles. The van der Waals surface area contributed by atoms with E-state index in [1.54, 1.807) is 14.0 Å². The first-order valence-corrected chi connectivity index (χ1v) is 4.55. The molecule has 0 bridgehead atoms. The highest BCUT2D eigenvalue weighted by molar-refractivity contribution is 5.17. The molecule has 0 saturated carbocycles. The van der Waals surface area contributed by atoms with Crippen LogP contribution in [0.5, 0.6) is 5.75 Å². The number of ether oxygens (including phenoxy) is 2. The fourth-order valence-electron chi connectivity index (χ4n) is 1.09. The number of aliphatic hydroxyl groups excluding tert-OH is 1. The van der Waals surface area contributed by atoms with Crippen LogP contribution in [0.1, 0.15) is 12.7 Å². The molecule has 1 rings (SSSR count). The normalized spacial score (nSPS) is 12.5. The van der Waals surface area contributed by atoms with E-state index in [0.717, 1.165) is 0 Å². The largest absolute Gasteiger partial charge is 0.481 e. The van der Waals surface area contributed by atoms with Gasteiger partial charge in [0.05, 0.1) is 6.61 Å². The van der Waals surface area contributed by atoms with Gasteiger partial charge >= 0.3 is 0 Å². The van der Waals surface area contributed by atoms with Crippen LogP contribution >= 0.6 is 0 Å². The van der Waals surface area contributed by atoms with Gasteiger partial charge in [-0.2, -0.15) is 0 Å². The lowest BCUT2D eigenvalue weighted by atomic mass is 10.3. The van der Waals surface area contributed by atoms with Crippen LogP contribution in [0.15, 0.2) is 21.5 Å². The molecular weight excluding hydrogens is 200 g/mol. The molecule has 0 fully saturated rings. The van der Waals surface area contributed by atoms with Gasteiger partial charge in [0.1, 0.15) is 24.7 Å². The number of rotatable bonds is 5. The third kappa shape index (κ3) is 3.38. The molecule has 84 valence electrons. The van der Waals surface area contributed by atoms with Crippen molar-refractivity contribution in [1.29, 1.82) is 0 Å². The Morgan fingerprint density at radius 2 is 2.33 bits per heavy atom. The predicted octanol–water partition coefficient (Wildman–Crippen LogP) is 0.546. The lowest BCUT2D eigenvalue weighted by molar-refractivity contribution is 0.0893. The molecule has 0 saturated heterocycles. The van der Waals surface area contributed by atoms with Crippen molar-refractivity contribution in [2.24, 2.45) is 0 Å². The predicted molar refractivity (Wildman–Crippen MR) is 52.9 cm³/mol. The second kappa shape index (κ2) is 5.53. The molecular formula is C10H14O5. The quantitative estimate of drug-likeness (QED) is 0.775. The number of aliphatic hydroxyl groups is 1. The topological polar surface area (TPSA) is 68.9 Å². The van der Waals surface area contributed by atoms with E-state index >= 15 is 0 Å². The van der Waals surface area contributed by atoms with Gasteiger partial charge in [-0.3, -0.25) is 4.79 Å². The standard InChI is InChI=1S/C10H14O5/c1-7(5-13-2)15-10-6-14-8(4-11)3-9(10)12/h3,6-7,11H,4-5H2,1-2H3. The first-order chi connectivity index (χ1) is 7.17. The van der Waals surface area contributed by atoms with Crippen LogP contribution in [0.2, 0.25) is 0 Å². The van der Waals surface area contributed by atoms with Gasteiger partial charge in [-0.05, 0) is 6.92 Å². The molecule has 1 aromatic heterocycles. The highest BCUT2D eigenvalue weighted by Crippen LogP contribution is 2.08. The van der Waals surface area contributed by atoms with Gasteiger partial charge in [0.2, 0.25) is 11.2 Å². The van der Waals surface area contributed by atoms with E-state index in [0.29, 0.717) is 6.61 Å². The van der Waals surface area contributed by atoms with Gasteiger partial charge in [-0.1, -0.05) is 0 Å². The molecule has 0 aliphatic heterocycles. The lowest BCUT2D eigenvalue weighted by Gasteiger charge is -2.12. The summed E-state index contributed by atoms with van der Waals surface area (Å²) in [4.78, 5) is 11.4. The Kier molecular flexibility index (Phi) is 4.33. The number of methoxy groups -OCH3 is 1. The van der Waals surface area contributed by atoms with Crippen LogP contribution in [0.3, 0.4) is 0 Å². The maximum atomic E-state index is 11.4. The van der Waals surface area contributed by atoms with Gasteiger partial charge < -0.3 is 19.0 Å². The molecule has 0 aliphatic rings. The first-order valence-electron chi connectivity index (χ1n) is 4.55. The van der Waals surface area contributed by atoms with Crippen molar-refractivity contribution in [2.45, 2.75) is 19.6 Å². The fourth-order valence-corrected chi connectivity index (χ4v) is 1.09. The van der Waals surface area contributed by atoms with E-state index in [9.17, 15) is 4.79 Å². The molecule has 0 spiro atoms. The Labute approximate surface area is 87.2 Å². The molecule has 1 heterocycles. The third-order valence-corrected chi connectivity index (χ3v) is 1.74. The molecule has 1 aromatic rings. The second-order valence-electron chi connectivity index (χ2n) is 3.12. The van der Waals surface area contributed by atoms with Crippen molar-refractivity contribution in [1.82, 2.24) is 0 Å². The summed E-state index contributed by atoms with van der Waals surface area (Å²) in [7, 11) is 1.55. The zero-order chi connectivity index (χ0) is 11.3. The average molecular weight is 214 g/mol. The van der Waals surface area contributed by atoms with E-state index in [4.69, 9.17) is 19.0 Å². The maximum Gasteiger partial charge on any atom is 0.227 e. The van der Waals surface area contributed by atoms with E-state index in [2.05, 4.69) is 0 Å². The van der Waals surface area contributed by atoms with Crippen molar-refractivity contribution >= 4 is 0 Å². The Hall–Kier alpha value is -1.33. The van der Waals surface area contributed by atoms with Crippen molar-refractivity contribution < 1.29 is 19.0 Å². The molecule has 1 N–H and O–H groups in total. The fraction of sp³-hybridized carbons (Fsp3) is 0.500. The van der Waals surface area contributed by atoms with Gasteiger partial charge in [0, 0.05) is 13.2 Å². The van der Waals surface area contributed by atoms with Gasteiger partial charge in [0.15, 0.2) is 0 Å². The molecule has 5 heteroatoms. The smallest absolute Gasteiger partial charge is 0.227 e. The van der Waals surface area contributed by atoms with Crippen molar-refractivity contribution in [3.8, 4) is 5.75 Å². The summed E-state index contributed by atoms with van der Waals surface area (Å²) in [5.74, 6) is 0.337. The third-order valence-electron chi connectivity index (χ3n) is 1.74. The monoisotopic (exact) mass is 214 g/mol. The van der Waals surface area contributed by atoms with Crippen LogP contribution in [0.4, 0.5) is 0 Å². The minimum atomic E-state index is -0.312. The van der Waals surface area contributed by atoms with Crippen LogP contribution < -0.4 is 10.2 Å². The maximum absolute atomic E-state index is 11.4. The van der Waals surface area contributed by atoms with E-state index in [1.165, 1.54) is 12.3 Å². The first kappa shape index (κ1) is 11.7. The van der Waals surface area contributed by atoms with Gasteiger partial charge in [-0.25, -0.2) is 0 Å².